The third kappa shape index (κ3) is 4.18. The van der Waals surface area contributed by atoms with E-state index in [1.165, 1.54) is 5.56 Å². The van der Waals surface area contributed by atoms with Crippen molar-refractivity contribution in [1.82, 2.24) is 25.0 Å². The van der Waals surface area contributed by atoms with E-state index in [0.29, 0.717) is 6.54 Å². The molecule has 1 aromatic heterocycles. The van der Waals surface area contributed by atoms with Gasteiger partial charge < -0.3 is 14.8 Å². The van der Waals surface area contributed by atoms with Crippen LogP contribution in [0, 0.1) is 0 Å². The van der Waals surface area contributed by atoms with E-state index in [0.717, 1.165) is 38.1 Å². The number of urea groups is 1. The number of piperidine rings is 1. The lowest BCUT2D eigenvalue weighted by atomic mass is 9.97. The van der Waals surface area contributed by atoms with E-state index in [-0.39, 0.29) is 18.0 Å². The minimum Gasteiger partial charge on any atom is -0.331 e. The van der Waals surface area contributed by atoms with Gasteiger partial charge in [0.1, 0.15) is 12.2 Å². The summed E-state index contributed by atoms with van der Waals surface area (Å²) in [6.07, 6.45) is 5.74. The van der Waals surface area contributed by atoms with Gasteiger partial charge in [-0.2, -0.15) is 0 Å². The molecule has 0 saturated carbocycles. The molecule has 1 aliphatic heterocycles. The fourth-order valence-corrected chi connectivity index (χ4v) is 3.57. The lowest BCUT2D eigenvalue weighted by Gasteiger charge is -2.33. The van der Waals surface area contributed by atoms with Gasteiger partial charge in [-0.15, -0.1) is 10.2 Å². The molecule has 2 atom stereocenters. The van der Waals surface area contributed by atoms with Crippen LogP contribution < -0.4 is 5.32 Å². The van der Waals surface area contributed by atoms with Crippen LogP contribution >= 0.6 is 0 Å². The average Bonchev–Trinajstić information content (AvgIpc) is 3.08. The fraction of sp³-hybridized carbons (Fsp3) is 0.526. The van der Waals surface area contributed by atoms with Crippen LogP contribution in [0.5, 0.6) is 0 Å². The van der Waals surface area contributed by atoms with Gasteiger partial charge in [-0.05, 0) is 24.8 Å². The molecule has 1 N–H and O–H groups in total. The van der Waals surface area contributed by atoms with Crippen molar-refractivity contribution in [3.05, 3.63) is 48.0 Å². The Morgan fingerprint density at radius 1 is 1.36 bits per heavy atom. The van der Waals surface area contributed by atoms with Crippen molar-refractivity contribution in [2.45, 2.75) is 44.6 Å². The van der Waals surface area contributed by atoms with Gasteiger partial charge in [-0.25, -0.2) is 4.79 Å². The normalized spacial score (nSPS) is 18.8. The molecule has 6 nitrogen and oxygen atoms in total. The number of benzene rings is 1. The lowest BCUT2D eigenvalue weighted by Crippen LogP contribution is -2.46. The van der Waals surface area contributed by atoms with Crippen molar-refractivity contribution < 1.29 is 4.79 Å². The number of aryl methyl sites for hydroxylation is 1. The first-order valence-electron chi connectivity index (χ1n) is 9.13. The standard InChI is InChI=1S/C19H27N5O/c1-3-8-17(15-9-5-4-6-10-15)21-19(25)24-12-7-11-16(13-24)18-22-20-14-23(18)2/h4-6,9-10,14,16-17H,3,7-8,11-13H2,1-2H3,(H,21,25)/t16-,17+/m1/s1. The second-order valence-electron chi connectivity index (χ2n) is 6.79. The summed E-state index contributed by atoms with van der Waals surface area (Å²) in [5, 5.41) is 11.4. The molecule has 3 rings (SSSR count). The largest absolute Gasteiger partial charge is 0.331 e. The predicted molar refractivity (Wildman–Crippen MR) is 97.2 cm³/mol. The second kappa shape index (κ2) is 8.14. The molecular formula is C19H27N5O. The Morgan fingerprint density at radius 3 is 2.84 bits per heavy atom. The Hall–Kier alpha value is -2.37. The number of nitrogens with one attached hydrogen (secondary N) is 1. The zero-order valence-electron chi connectivity index (χ0n) is 15.1. The van der Waals surface area contributed by atoms with Crippen LogP contribution in [0.4, 0.5) is 4.79 Å². The number of hydrogen-bond acceptors (Lipinski definition) is 3. The van der Waals surface area contributed by atoms with E-state index in [4.69, 9.17) is 0 Å². The molecule has 2 amide bonds. The number of nitrogens with zero attached hydrogens (tertiary/aromatic N) is 4. The average molecular weight is 341 g/mol. The smallest absolute Gasteiger partial charge is 0.317 e. The highest BCUT2D eigenvalue weighted by atomic mass is 16.2. The first kappa shape index (κ1) is 17.5. The minimum absolute atomic E-state index is 0.0224. The lowest BCUT2D eigenvalue weighted by molar-refractivity contribution is 0.173. The first-order chi connectivity index (χ1) is 12.2. The Kier molecular flexibility index (Phi) is 5.68. The van der Waals surface area contributed by atoms with Crippen LogP contribution in [-0.2, 0) is 7.05 Å². The predicted octanol–water partition coefficient (Wildman–Crippen LogP) is 3.25. The molecule has 134 valence electrons. The molecule has 0 spiro atoms. The number of carbonyl (C=O) groups excluding carboxylic acids is 1. The van der Waals surface area contributed by atoms with Gasteiger partial charge in [0.05, 0.1) is 6.04 Å². The van der Waals surface area contributed by atoms with Gasteiger partial charge >= 0.3 is 6.03 Å². The SMILES string of the molecule is CCC[C@H](NC(=O)N1CCC[C@@H](c2nncn2C)C1)c1ccccc1. The summed E-state index contributed by atoms with van der Waals surface area (Å²) >= 11 is 0. The van der Waals surface area contributed by atoms with Gasteiger partial charge in [0.15, 0.2) is 0 Å². The van der Waals surface area contributed by atoms with Crippen LogP contribution in [0.2, 0.25) is 0 Å². The summed E-state index contributed by atoms with van der Waals surface area (Å²) in [6.45, 7) is 3.65. The molecule has 1 fully saturated rings. The fourth-order valence-electron chi connectivity index (χ4n) is 3.57. The summed E-state index contributed by atoms with van der Waals surface area (Å²) in [4.78, 5) is 14.8. The van der Waals surface area contributed by atoms with Crippen LogP contribution in [0.3, 0.4) is 0 Å². The Bertz CT molecular complexity index is 684. The zero-order chi connectivity index (χ0) is 17.6. The van der Waals surface area contributed by atoms with Crippen molar-refractivity contribution in [2.24, 2.45) is 7.05 Å². The number of aromatic nitrogens is 3. The van der Waals surface area contributed by atoms with E-state index in [1.807, 2.05) is 34.7 Å². The molecule has 25 heavy (non-hydrogen) atoms. The Morgan fingerprint density at radius 2 is 2.16 bits per heavy atom. The van der Waals surface area contributed by atoms with Crippen LogP contribution in [0.15, 0.2) is 36.7 Å². The van der Waals surface area contributed by atoms with Crippen molar-refractivity contribution in [3.63, 3.8) is 0 Å². The number of hydrogen-bond donors (Lipinski definition) is 1. The van der Waals surface area contributed by atoms with Gasteiger partial charge in [-0.1, -0.05) is 43.7 Å². The maximum Gasteiger partial charge on any atom is 0.317 e. The summed E-state index contributed by atoms with van der Waals surface area (Å²) < 4.78 is 1.95. The number of rotatable bonds is 5. The van der Waals surface area contributed by atoms with Crippen molar-refractivity contribution in [3.8, 4) is 0 Å². The quantitative estimate of drug-likeness (QED) is 0.908. The van der Waals surface area contributed by atoms with Crippen molar-refractivity contribution in [2.75, 3.05) is 13.1 Å². The maximum atomic E-state index is 12.8. The molecule has 1 aliphatic rings. The maximum absolute atomic E-state index is 12.8. The van der Waals surface area contributed by atoms with Crippen LogP contribution in [0.1, 0.15) is 56.0 Å². The molecule has 0 radical (unpaired) electrons. The highest BCUT2D eigenvalue weighted by molar-refractivity contribution is 5.75. The van der Waals surface area contributed by atoms with Gasteiger partial charge in [0, 0.05) is 26.1 Å². The molecule has 1 aromatic carbocycles. The monoisotopic (exact) mass is 341 g/mol. The molecular weight excluding hydrogens is 314 g/mol. The number of carbonyl (C=O) groups is 1. The molecule has 0 bridgehead atoms. The van der Waals surface area contributed by atoms with E-state index < -0.39 is 0 Å². The highest BCUT2D eigenvalue weighted by Crippen LogP contribution is 2.26. The zero-order valence-corrected chi connectivity index (χ0v) is 15.1. The molecule has 2 heterocycles. The highest BCUT2D eigenvalue weighted by Gasteiger charge is 2.28. The van der Waals surface area contributed by atoms with Crippen LogP contribution in [-0.4, -0.2) is 38.8 Å². The Labute approximate surface area is 149 Å². The summed E-state index contributed by atoms with van der Waals surface area (Å²) in [7, 11) is 1.96. The molecule has 0 unspecified atom stereocenters. The third-order valence-corrected chi connectivity index (χ3v) is 4.90. The van der Waals surface area contributed by atoms with E-state index in [9.17, 15) is 4.79 Å². The Balaban J connectivity index is 1.66. The summed E-state index contributed by atoms with van der Waals surface area (Å²) in [6, 6.07) is 10.3. The van der Waals surface area contributed by atoms with E-state index in [1.54, 1.807) is 6.33 Å². The molecule has 0 aliphatic carbocycles. The van der Waals surface area contributed by atoms with Crippen molar-refractivity contribution in [1.29, 1.82) is 0 Å². The molecule has 6 heteroatoms. The second-order valence-corrected chi connectivity index (χ2v) is 6.79. The van der Waals surface area contributed by atoms with Gasteiger partial charge in [0.2, 0.25) is 0 Å². The summed E-state index contributed by atoms with van der Waals surface area (Å²) in [5.74, 6) is 1.22. The van der Waals surface area contributed by atoms with Gasteiger partial charge in [0.25, 0.3) is 0 Å². The first-order valence-corrected chi connectivity index (χ1v) is 9.13. The van der Waals surface area contributed by atoms with Crippen LogP contribution in [0.25, 0.3) is 0 Å². The van der Waals surface area contributed by atoms with E-state index in [2.05, 4.69) is 34.6 Å². The van der Waals surface area contributed by atoms with E-state index >= 15 is 0 Å². The minimum atomic E-state index is 0.0224. The van der Waals surface area contributed by atoms with Crippen molar-refractivity contribution >= 4 is 6.03 Å². The summed E-state index contributed by atoms with van der Waals surface area (Å²) in [5.41, 5.74) is 1.17. The third-order valence-electron chi connectivity index (χ3n) is 4.90. The molecule has 1 saturated heterocycles. The topological polar surface area (TPSA) is 63.1 Å². The number of amides is 2. The van der Waals surface area contributed by atoms with Gasteiger partial charge in [-0.3, -0.25) is 0 Å². The number of likely N-dealkylation sites (tertiary alicyclic amines) is 1. The molecule has 2 aromatic rings.